The van der Waals surface area contributed by atoms with Gasteiger partial charge in [-0.05, 0) is 37.3 Å². The fourth-order valence-corrected chi connectivity index (χ4v) is 3.48. The van der Waals surface area contributed by atoms with Gasteiger partial charge in [0.15, 0.2) is 0 Å². The van der Waals surface area contributed by atoms with Crippen molar-refractivity contribution in [2.45, 2.75) is 11.8 Å². The van der Waals surface area contributed by atoms with E-state index in [0.29, 0.717) is 38.6 Å². The molecule has 0 aliphatic heterocycles. The molecule has 4 aromatic rings. The number of carbonyl (C=O) groups is 1. The van der Waals surface area contributed by atoms with Gasteiger partial charge in [0.1, 0.15) is 0 Å². The number of rotatable bonds is 4. The lowest BCUT2D eigenvalue weighted by Crippen LogP contribution is -2.13. The fraction of sp³-hybridized carbons (Fsp3) is 0.0952. The SMILES string of the molecule is Cc1noc2nc(-c3ccccc3)cc(C(=O)Nc3ccc(S(C)=O)cc3)c12. The lowest BCUT2D eigenvalue weighted by molar-refractivity contribution is 0.102. The summed E-state index contributed by atoms with van der Waals surface area (Å²) in [5, 5.41) is 7.42. The number of aromatic nitrogens is 2. The van der Waals surface area contributed by atoms with Gasteiger partial charge in [-0.1, -0.05) is 35.5 Å². The van der Waals surface area contributed by atoms with Crippen molar-refractivity contribution < 1.29 is 13.5 Å². The van der Waals surface area contributed by atoms with Crippen LogP contribution in [0.2, 0.25) is 0 Å². The van der Waals surface area contributed by atoms with Crippen LogP contribution in [-0.2, 0) is 10.8 Å². The number of hydrogen-bond acceptors (Lipinski definition) is 5. The first kappa shape index (κ1) is 18.1. The lowest BCUT2D eigenvalue weighted by Gasteiger charge is -2.09. The van der Waals surface area contributed by atoms with E-state index >= 15 is 0 Å². The van der Waals surface area contributed by atoms with Crippen molar-refractivity contribution in [2.24, 2.45) is 0 Å². The van der Waals surface area contributed by atoms with Crippen LogP contribution in [0.25, 0.3) is 22.4 Å². The van der Waals surface area contributed by atoms with E-state index in [-0.39, 0.29) is 5.91 Å². The second-order valence-corrected chi connectivity index (χ2v) is 7.68. The van der Waals surface area contributed by atoms with Gasteiger partial charge >= 0.3 is 0 Å². The monoisotopic (exact) mass is 391 g/mol. The molecule has 0 spiro atoms. The number of fused-ring (bicyclic) bond motifs is 1. The highest BCUT2D eigenvalue weighted by Gasteiger charge is 2.19. The van der Waals surface area contributed by atoms with E-state index in [4.69, 9.17) is 4.52 Å². The van der Waals surface area contributed by atoms with Gasteiger partial charge in [0.05, 0.1) is 22.3 Å². The fourth-order valence-electron chi connectivity index (χ4n) is 2.96. The average Bonchev–Trinajstić information content (AvgIpc) is 3.09. The Morgan fingerprint density at radius 3 is 2.46 bits per heavy atom. The van der Waals surface area contributed by atoms with Crippen molar-refractivity contribution >= 4 is 33.5 Å². The summed E-state index contributed by atoms with van der Waals surface area (Å²) in [6, 6.07) is 18.2. The molecule has 6 nitrogen and oxygen atoms in total. The van der Waals surface area contributed by atoms with Crippen LogP contribution < -0.4 is 5.32 Å². The first-order valence-corrected chi connectivity index (χ1v) is 10.2. The molecule has 2 heterocycles. The number of benzene rings is 2. The van der Waals surface area contributed by atoms with Crippen molar-refractivity contribution in [1.82, 2.24) is 10.1 Å². The zero-order chi connectivity index (χ0) is 19.7. The van der Waals surface area contributed by atoms with Crippen LogP contribution >= 0.6 is 0 Å². The van der Waals surface area contributed by atoms with E-state index in [2.05, 4.69) is 15.5 Å². The van der Waals surface area contributed by atoms with Crippen LogP contribution in [-0.4, -0.2) is 26.5 Å². The van der Waals surface area contributed by atoms with Gasteiger partial charge in [-0.25, -0.2) is 4.98 Å². The maximum absolute atomic E-state index is 13.0. The molecular formula is C21H17N3O3S. The summed E-state index contributed by atoms with van der Waals surface area (Å²) in [4.78, 5) is 18.2. The smallest absolute Gasteiger partial charge is 0.259 e. The van der Waals surface area contributed by atoms with E-state index in [0.717, 1.165) is 5.56 Å². The number of pyridine rings is 1. The molecule has 2 aromatic heterocycles. The van der Waals surface area contributed by atoms with Gasteiger partial charge in [0.25, 0.3) is 11.6 Å². The van der Waals surface area contributed by atoms with Gasteiger partial charge in [-0.15, -0.1) is 0 Å². The van der Waals surface area contributed by atoms with Crippen LogP contribution in [0.15, 0.2) is 70.1 Å². The molecule has 4 rings (SSSR count). The Morgan fingerprint density at radius 1 is 1.07 bits per heavy atom. The first-order chi connectivity index (χ1) is 13.5. The molecule has 140 valence electrons. The molecule has 0 saturated heterocycles. The van der Waals surface area contributed by atoms with Crippen molar-refractivity contribution in [3.05, 3.63) is 71.9 Å². The molecular weight excluding hydrogens is 374 g/mol. The normalized spacial score (nSPS) is 12.1. The minimum absolute atomic E-state index is 0.291. The van der Waals surface area contributed by atoms with Crippen LogP contribution in [0.5, 0.6) is 0 Å². The molecule has 1 amide bonds. The second-order valence-electron chi connectivity index (χ2n) is 6.30. The Kier molecular flexibility index (Phi) is 4.75. The first-order valence-electron chi connectivity index (χ1n) is 8.60. The molecule has 0 aliphatic carbocycles. The summed E-state index contributed by atoms with van der Waals surface area (Å²) < 4.78 is 16.8. The summed E-state index contributed by atoms with van der Waals surface area (Å²) >= 11 is 0. The van der Waals surface area contributed by atoms with Crippen molar-refractivity contribution in [1.29, 1.82) is 0 Å². The standard InChI is InChI=1S/C21H17N3O3S/c1-13-19-17(20(25)22-15-8-10-16(11-9-15)28(2)26)12-18(23-21(19)27-24-13)14-6-4-3-5-7-14/h3-12H,1-2H3,(H,22,25). The number of amides is 1. The quantitative estimate of drug-likeness (QED) is 0.564. The molecule has 0 saturated carbocycles. The van der Waals surface area contributed by atoms with E-state index in [1.54, 1.807) is 43.5 Å². The van der Waals surface area contributed by atoms with Gasteiger partial charge in [0.2, 0.25) is 0 Å². The number of nitrogens with one attached hydrogen (secondary N) is 1. The van der Waals surface area contributed by atoms with Gasteiger partial charge in [-0.2, -0.15) is 0 Å². The molecule has 1 unspecified atom stereocenters. The summed E-state index contributed by atoms with van der Waals surface area (Å²) in [6.07, 6.45) is 1.61. The summed E-state index contributed by atoms with van der Waals surface area (Å²) in [7, 11) is -1.07. The minimum Gasteiger partial charge on any atom is -0.335 e. The Hall–Kier alpha value is -3.32. The van der Waals surface area contributed by atoms with Crippen molar-refractivity contribution in [2.75, 3.05) is 11.6 Å². The average molecular weight is 391 g/mol. The van der Waals surface area contributed by atoms with E-state index < -0.39 is 10.8 Å². The zero-order valence-electron chi connectivity index (χ0n) is 15.3. The number of anilines is 1. The maximum Gasteiger partial charge on any atom is 0.259 e. The summed E-state index contributed by atoms with van der Waals surface area (Å²) in [5.74, 6) is -0.291. The number of carbonyl (C=O) groups excluding carboxylic acids is 1. The molecule has 0 bridgehead atoms. The van der Waals surface area contributed by atoms with Crippen LogP contribution in [0, 0.1) is 6.92 Å². The highest BCUT2D eigenvalue weighted by atomic mass is 32.2. The third kappa shape index (κ3) is 3.44. The van der Waals surface area contributed by atoms with Crippen molar-refractivity contribution in [3.8, 4) is 11.3 Å². The van der Waals surface area contributed by atoms with Crippen LogP contribution in [0.4, 0.5) is 5.69 Å². The topological polar surface area (TPSA) is 85.1 Å². The molecule has 1 N–H and O–H groups in total. The van der Waals surface area contributed by atoms with Gasteiger partial charge in [-0.3, -0.25) is 9.00 Å². The van der Waals surface area contributed by atoms with Crippen molar-refractivity contribution in [3.63, 3.8) is 0 Å². The highest BCUT2D eigenvalue weighted by Crippen LogP contribution is 2.27. The largest absolute Gasteiger partial charge is 0.335 e. The molecule has 7 heteroatoms. The Balaban J connectivity index is 1.75. The second kappa shape index (κ2) is 7.36. The lowest BCUT2D eigenvalue weighted by atomic mass is 10.1. The molecule has 2 aromatic carbocycles. The zero-order valence-corrected chi connectivity index (χ0v) is 16.1. The Morgan fingerprint density at radius 2 is 1.79 bits per heavy atom. The molecule has 28 heavy (non-hydrogen) atoms. The summed E-state index contributed by atoms with van der Waals surface area (Å²) in [5.41, 5.74) is 3.48. The van der Waals surface area contributed by atoms with E-state index in [1.165, 1.54) is 0 Å². The predicted octanol–water partition coefficient (Wildman–Crippen LogP) is 4.19. The number of aryl methyl sites for hydroxylation is 1. The van der Waals surface area contributed by atoms with Crippen LogP contribution in [0.3, 0.4) is 0 Å². The molecule has 0 fully saturated rings. The minimum atomic E-state index is -1.07. The van der Waals surface area contributed by atoms with Gasteiger partial charge in [0, 0.05) is 33.2 Å². The third-order valence-corrected chi connectivity index (χ3v) is 5.31. The Labute approximate surface area is 164 Å². The third-order valence-electron chi connectivity index (χ3n) is 4.38. The van der Waals surface area contributed by atoms with E-state index in [1.807, 2.05) is 30.3 Å². The molecule has 0 radical (unpaired) electrons. The molecule has 1 atom stereocenters. The summed E-state index contributed by atoms with van der Waals surface area (Å²) in [6.45, 7) is 1.78. The van der Waals surface area contributed by atoms with Gasteiger partial charge < -0.3 is 9.84 Å². The highest BCUT2D eigenvalue weighted by molar-refractivity contribution is 7.84. The maximum atomic E-state index is 13.0. The molecule has 0 aliphatic rings. The van der Waals surface area contributed by atoms with Crippen LogP contribution in [0.1, 0.15) is 16.1 Å². The van der Waals surface area contributed by atoms with E-state index in [9.17, 15) is 9.00 Å². The predicted molar refractivity (Wildman–Crippen MR) is 109 cm³/mol. The number of hydrogen-bond donors (Lipinski definition) is 1. The Bertz CT molecular complexity index is 1180. The number of nitrogens with zero attached hydrogens (tertiary/aromatic N) is 2.